The number of halogens is 1. The molecule has 0 amide bonds. The van der Waals surface area contributed by atoms with Crippen molar-refractivity contribution in [2.75, 3.05) is 42.5 Å². The molecule has 0 saturated carbocycles. The van der Waals surface area contributed by atoms with E-state index in [4.69, 9.17) is 11.5 Å². The monoisotopic (exact) mass is 346 g/mol. The number of nitrogen functional groups attached to an aromatic ring is 2. The van der Waals surface area contributed by atoms with Crippen molar-refractivity contribution in [3.63, 3.8) is 0 Å². The smallest absolute Gasteiger partial charge is 0.128 e. The Morgan fingerprint density at radius 1 is 0.880 bits per heavy atom. The van der Waals surface area contributed by atoms with Gasteiger partial charge in [0.05, 0.1) is 0 Å². The van der Waals surface area contributed by atoms with Gasteiger partial charge in [-0.3, -0.25) is 0 Å². The Kier molecular flexibility index (Phi) is 7.91. The Morgan fingerprint density at radius 3 is 1.92 bits per heavy atom. The lowest BCUT2D eigenvalue weighted by Gasteiger charge is -2.16. The molecule has 0 bridgehead atoms. The van der Waals surface area contributed by atoms with Crippen molar-refractivity contribution in [3.05, 3.63) is 42.5 Å². The van der Waals surface area contributed by atoms with Crippen molar-refractivity contribution in [3.8, 4) is 0 Å². The summed E-state index contributed by atoms with van der Waals surface area (Å²) in [5.74, 6) is 0.474. The van der Waals surface area contributed by atoms with Crippen molar-refractivity contribution in [2.45, 2.75) is 25.7 Å². The quantitative estimate of drug-likeness (QED) is 0.734. The lowest BCUT2D eigenvalue weighted by Crippen LogP contribution is -2.17. The van der Waals surface area contributed by atoms with Crippen LogP contribution in [-0.4, -0.2) is 36.1 Å². The van der Waals surface area contributed by atoms with E-state index in [1.54, 1.807) is 6.20 Å². The molecule has 0 aliphatic carbocycles. The maximum Gasteiger partial charge on any atom is 0.128 e. The second kappa shape index (κ2) is 10.5. The van der Waals surface area contributed by atoms with E-state index in [9.17, 15) is 4.39 Å². The molecule has 0 aromatic carbocycles. The molecule has 2 saturated heterocycles. The van der Waals surface area contributed by atoms with Crippen LogP contribution in [0.15, 0.2) is 36.7 Å². The fraction of sp³-hybridized carbons (Fsp3) is 0.444. The number of aromatic nitrogens is 2. The van der Waals surface area contributed by atoms with Crippen LogP contribution in [0.5, 0.6) is 0 Å². The molecule has 4 heterocycles. The van der Waals surface area contributed by atoms with Crippen LogP contribution in [0.2, 0.25) is 0 Å². The van der Waals surface area contributed by atoms with Gasteiger partial charge in [-0.2, -0.15) is 0 Å². The van der Waals surface area contributed by atoms with Crippen LogP contribution in [0.4, 0.5) is 21.7 Å². The average molecular weight is 346 g/mol. The summed E-state index contributed by atoms with van der Waals surface area (Å²) in [6.07, 6.45) is 8.46. The third-order valence-electron chi connectivity index (χ3n) is 3.94. The van der Waals surface area contributed by atoms with Crippen LogP contribution in [-0.2, 0) is 0 Å². The van der Waals surface area contributed by atoms with Gasteiger partial charge in [-0.1, -0.05) is 0 Å². The van der Waals surface area contributed by atoms with E-state index in [1.807, 2.05) is 12.1 Å². The predicted molar refractivity (Wildman–Crippen MR) is 101 cm³/mol. The standard InChI is InChI=1S/C9H13N3.C5H5FN2.C4H9N/c10-9-7-8(3-4-11-9)12-5-1-2-6-12;6-4-1-2-8-5(7)3-4;1-2-4-5-3-1/h3-4,7H,1-2,5-6H2,(H2,10,11);1-3H,(H2,7,8);5H,1-4H2. The molecule has 2 aromatic heterocycles. The molecule has 0 radical (unpaired) electrons. The molecule has 2 aliphatic heterocycles. The molecular weight excluding hydrogens is 319 g/mol. The van der Waals surface area contributed by atoms with E-state index >= 15 is 0 Å². The van der Waals surface area contributed by atoms with Gasteiger partial charge in [0.15, 0.2) is 0 Å². The second-order valence-electron chi connectivity index (χ2n) is 5.99. The average Bonchev–Trinajstić information content (AvgIpc) is 3.32. The minimum absolute atomic E-state index is 0.213. The van der Waals surface area contributed by atoms with Crippen molar-refractivity contribution in [1.29, 1.82) is 0 Å². The molecule has 25 heavy (non-hydrogen) atoms. The van der Waals surface area contributed by atoms with Gasteiger partial charge in [-0.25, -0.2) is 14.4 Å². The van der Waals surface area contributed by atoms with E-state index in [0.717, 1.165) is 13.1 Å². The van der Waals surface area contributed by atoms with Gasteiger partial charge in [-0.05, 0) is 50.9 Å². The molecule has 6 nitrogen and oxygen atoms in total. The van der Waals surface area contributed by atoms with Crippen LogP contribution in [0.1, 0.15) is 25.7 Å². The molecule has 0 unspecified atom stereocenters. The first-order valence-corrected chi connectivity index (χ1v) is 8.69. The second-order valence-corrected chi connectivity index (χ2v) is 5.99. The molecule has 2 fully saturated rings. The summed E-state index contributed by atoms with van der Waals surface area (Å²) in [6, 6.07) is 6.36. The predicted octanol–water partition coefficient (Wildman–Crippen LogP) is 2.44. The van der Waals surface area contributed by atoms with E-state index in [-0.39, 0.29) is 11.6 Å². The lowest BCUT2D eigenvalue weighted by atomic mass is 10.3. The molecular formula is C18H27FN6. The highest BCUT2D eigenvalue weighted by Crippen LogP contribution is 2.20. The third-order valence-corrected chi connectivity index (χ3v) is 3.94. The highest BCUT2D eigenvalue weighted by Gasteiger charge is 2.11. The Balaban J connectivity index is 0.000000149. The first-order chi connectivity index (χ1) is 12.1. The largest absolute Gasteiger partial charge is 0.384 e. The number of nitrogens with zero attached hydrogens (tertiary/aromatic N) is 3. The highest BCUT2D eigenvalue weighted by molar-refractivity contribution is 5.52. The summed E-state index contributed by atoms with van der Waals surface area (Å²) in [7, 11) is 0. The zero-order chi connectivity index (χ0) is 17.9. The van der Waals surface area contributed by atoms with Crippen molar-refractivity contribution >= 4 is 17.3 Å². The van der Waals surface area contributed by atoms with Gasteiger partial charge >= 0.3 is 0 Å². The number of anilines is 3. The fourth-order valence-electron chi connectivity index (χ4n) is 2.65. The van der Waals surface area contributed by atoms with Crippen molar-refractivity contribution in [1.82, 2.24) is 15.3 Å². The minimum atomic E-state index is -0.350. The highest BCUT2D eigenvalue weighted by atomic mass is 19.1. The lowest BCUT2D eigenvalue weighted by molar-refractivity contribution is 0.626. The Labute approximate surface area is 148 Å². The van der Waals surface area contributed by atoms with Gasteiger partial charge in [0.1, 0.15) is 17.5 Å². The summed E-state index contributed by atoms with van der Waals surface area (Å²) >= 11 is 0. The van der Waals surface area contributed by atoms with E-state index in [1.165, 1.54) is 62.8 Å². The molecule has 2 aliphatic rings. The van der Waals surface area contributed by atoms with Gasteiger partial charge < -0.3 is 21.7 Å². The summed E-state index contributed by atoms with van der Waals surface area (Å²) in [5, 5.41) is 3.22. The summed E-state index contributed by atoms with van der Waals surface area (Å²) in [4.78, 5) is 9.89. The number of nitrogens with two attached hydrogens (primary N) is 2. The number of hydrogen-bond donors (Lipinski definition) is 3. The number of nitrogens with one attached hydrogen (secondary N) is 1. The zero-order valence-electron chi connectivity index (χ0n) is 14.5. The first kappa shape index (κ1) is 18.9. The molecule has 2 aromatic rings. The Morgan fingerprint density at radius 2 is 1.48 bits per heavy atom. The van der Waals surface area contributed by atoms with E-state index in [0.29, 0.717) is 5.82 Å². The molecule has 0 spiro atoms. The zero-order valence-corrected chi connectivity index (χ0v) is 14.5. The summed E-state index contributed by atoms with van der Waals surface area (Å²) < 4.78 is 12.0. The third kappa shape index (κ3) is 7.34. The molecule has 136 valence electrons. The SMILES string of the molecule is C1CCNC1.Nc1cc(F)ccn1.Nc1cc(N2CCCC2)ccn1. The normalized spacial score (nSPS) is 15.8. The van der Waals surface area contributed by atoms with Crippen molar-refractivity contribution < 1.29 is 4.39 Å². The van der Waals surface area contributed by atoms with Crippen LogP contribution >= 0.6 is 0 Å². The van der Waals surface area contributed by atoms with E-state index < -0.39 is 0 Å². The van der Waals surface area contributed by atoms with Crippen LogP contribution in [0.3, 0.4) is 0 Å². The summed E-state index contributed by atoms with van der Waals surface area (Å²) in [6.45, 7) is 4.81. The first-order valence-electron chi connectivity index (χ1n) is 8.69. The maximum atomic E-state index is 12.0. The van der Waals surface area contributed by atoms with Gasteiger partial charge in [-0.15, -0.1) is 0 Å². The number of rotatable bonds is 1. The van der Waals surface area contributed by atoms with E-state index in [2.05, 4.69) is 20.2 Å². The minimum Gasteiger partial charge on any atom is -0.384 e. The number of pyridine rings is 2. The summed E-state index contributed by atoms with van der Waals surface area (Å²) in [5.41, 5.74) is 11.9. The van der Waals surface area contributed by atoms with Crippen LogP contribution in [0.25, 0.3) is 0 Å². The van der Waals surface area contributed by atoms with Gasteiger partial charge in [0, 0.05) is 43.3 Å². The fourth-order valence-corrected chi connectivity index (χ4v) is 2.65. The van der Waals surface area contributed by atoms with Crippen molar-refractivity contribution in [2.24, 2.45) is 0 Å². The van der Waals surface area contributed by atoms with Gasteiger partial charge in [0.2, 0.25) is 0 Å². The Bertz CT molecular complexity index is 602. The van der Waals surface area contributed by atoms with Crippen LogP contribution < -0.4 is 21.7 Å². The molecule has 7 heteroatoms. The molecule has 4 rings (SSSR count). The van der Waals surface area contributed by atoms with Crippen LogP contribution in [0, 0.1) is 5.82 Å². The molecule has 5 N–H and O–H groups in total. The maximum absolute atomic E-state index is 12.0. The topological polar surface area (TPSA) is 93.1 Å². The van der Waals surface area contributed by atoms with Gasteiger partial charge in [0.25, 0.3) is 0 Å². The molecule has 0 atom stereocenters. The Hall–Kier alpha value is -2.41. The number of hydrogen-bond acceptors (Lipinski definition) is 6.